The zero-order chi connectivity index (χ0) is 11.1. The predicted molar refractivity (Wildman–Crippen MR) is 58.6 cm³/mol. The summed E-state index contributed by atoms with van der Waals surface area (Å²) in [6.07, 6.45) is 3.10. The molecule has 0 heterocycles. The van der Waals surface area contributed by atoms with Gasteiger partial charge in [0.2, 0.25) is 5.91 Å². The van der Waals surface area contributed by atoms with Gasteiger partial charge in [0.15, 0.2) is 0 Å². The number of hydrogen-bond donors (Lipinski definition) is 2. The largest absolute Gasteiger partial charge is 0.383 e. The van der Waals surface area contributed by atoms with Crippen LogP contribution in [0.1, 0.15) is 19.8 Å². The standard InChI is InChI=1S/C10H17N3O/c1-4-7(2)5-6-8(10(12)14)9(11)13-3/h4,7H,1,3,5-6,11H2,2H3,(H2,12,14)/b9-8+. The smallest absolute Gasteiger partial charge is 0.248 e. The molecule has 1 unspecified atom stereocenters. The highest BCUT2D eigenvalue weighted by atomic mass is 16.1. The molecule has 0 aliphatic carbocycles. The van der Waals surface area contributed by atoms with Crippen LogP contribution < -0.4 is 11.5 Å². The summed E-state index contributed by atoms with van der Waals surface area (Å²) >= 11 is 0. The van der Waals surface area contributed by atoms with E-state index in [1.807, 2.05) is 13.0 Å². The summed E-state index contributed by atoms with van der Waals surface area (Å²) in [6, 6.07) is 0. The van der Waals surface area contributed by atoms with Crippen molar-refractivity contribution in [2.75, 3.05) is 0 Å². The number of primary amides is 1. The highest BCUT2D eigenvalue weighted by molar-refractivity contribution is 5.92. The molecule has 14 heavy (non-hydrogen) atoms. The van der Waals surface area contributed by atoms with Crippen molar-refractivity contribution >= 4 is 12.6 Å². The van der Waals surface area contributed by atoms with Crippen LogP contribution in [0.5, 0.6) is 0 Å². The van der Waals surface area contributed by atoms with Crippen molar-refractivity contribution in [3.05, 3.63) is 24.0 Å². The Balaban J connectivity index is 4.48. The summed E-state index contributed by atoms with van der Waals surface area (Å²) in [6.45, 7) is 8.90. The Kier molecular flexibility index (Phi) is 5.29. The van der Waals surface area contributed by atoms with Crippen molar-refractivity contribution in [2.24, 2.45) is 22.4 Å². The highest BCUT2D eigenvalue weighted by Crippen LogP contribution is 2.14. The molecule has 4 nitrogen and oxygen atoms in total. The third-order valence-electron chi connectivity index (χ3n) is 2.03. The van der Waals surface area contributed by atoms with Gasteiger partial charge < -0.3 is 11.5 Å². The molecule has 4 heteroatoms. The Morgan fingerprint density at radius 1 is 1.57 bits per heavy atom. The summed E-state index contributed by atoms with van der Waals surface area (Å²) in [4.78, 5) is 14.5. The molecule has 0 rings (SSSR count). The maximum atomic E-state index is 11.0. The van der Waals surface area contributed by atoms with Crippen molar-refractivity contribution in [3.8, 4) is 0 Å². The van der Waals surface area contributed by atoms with Gasteiger partial charge in [0.05, 0.1) is 5.57 Å². The minimum Gasteiger partial charge on any atom is -0.383 e. The molecule has 0 aromatic heterocycles. The summed E-state index contributed by atoms with van der Waals surface area (Å²) in [5.41, 5.74) is 11.0. The van der Waals surface area contributed by atoms with E-state index in [1.165, 1.54) is 0 Å². The lowest BCUT2D eigenvalue weighted by Crippen LogP contribution is -2.18. The lowest BCUT2D eigenvalue weighted by Gasteiger charge is -2.07. The molecule has 0 fully saturated rings. The maximum absolute atomic E-state index is 11.0. The van der Waals surface area contributed by atoms with Crippen LogP contribution in [-0.2, 0) is 4.79 Å². The molecule has 0 bridgehead atoms. The first-order valence-corrected chi connectivity index (χ1v) is 4.40. The number of amides is 1. The monoisotopic (exact) mass is 195 g/mol. The molecule has 4 N–H and O–H groups in total. The van der Waals surface area contributed by atoms with Crippen molar-refractivity contribution in [3.63, 3.8) is 0 Å². The van der Waals surface area contributed by atoms with Crippen molar-refractivity contribution in [2.45, 2.75) is 19.8 Å². The molecule has 1 atom stereocenters. The second-order valence-corrected chi connectivity index (χ2v) is 3.14. The maximum Gasteiger partial charge on any atom is 0.248 e. The number of hydrogen-bond acceptors (Lipinski definition) is 3. The molecule has 0 aliphatic heterocycles. The number of aliphatic imine (C=N–C) groups is 1. The summed E-state index contributed by atoms with van der Waals surface area (Å²) < 4.78 is 0. The van der Waals surface area contributed by atoms with Crippen LogP contribution in [0.4, 0.5) is 0 Å². The van der Waals surface area contributed by atoms with Gasteiger partial charge in [-0.1, -0.05) is 13.0 Å². The van der Waals surface area contributed by atoms with E-state index in [1.54, 1.807) is 0 Å². The first kappa shape index (κ1) is 12.4. The van der Waals surface area contributed by atoms with E-state index in [4.69, 9.17) is 11.5 Å². The number of carbonyl (C=O) groups excluding carboxylic acids is 1. The van der Waals surface area contributed by atoms with Crippen molar-refractivity contribution in [1.82, 2.24) is 0 Å². The van der Waals surface area contributed by atoms with E-state index in [0.29, 0.717) is 17.9 Å². The first-order chi connectivity index (χ1) is 6.52. The fraction of sp³-hybridized carbons (Fsp3) is 0.400. The lowest BCUT2D eigenvalue weighted by molar-refractivity contribution is -0.114. The molecule has 0 aromatic rings. The van der Waals surface area contributed by atoms with Gasteiger partial charge in [-0.05, 0) is 25.5 Å². The summed E-state index contributed by atoms with van der Waals surface area (Å²) in [5, 5.41) is 0. The van der Waals surface area contributed by atoms with E-state index in [9.17, 15) is 4.79 Å². The third-order valence-corrected chi connectivity index (χ3v) is 2.03. The molecule has 0 saturated heterocycles. The van der Waals surface area contributed by atoms with Crippen LogP contribution in [0.3, 0.4) is 0 Å². The molecule has 0 aliphatic rings. The highest BCUT2D eigenvalue weighted by Gasteiger charge is 2.10. The minimum absolute atomic E-state index is 0.119. The molecular weight excluding hydrogens is 178 g/mol. The van der Waals surface area contributed by atoms with Gasteiger partial charge in [-0.2, -0.15) is 0 Å². The normalized spacial score (nSPS) is 14.1. The van der Waals surface area contributed by atoms with Crippen molar-refractivity contribution in [1.29, 1.82) is 0 Å². The zero-order valence-corrected chi connectivity index (χ0v) is 8.49. The van der Waals surface area contributed by atoms with E-state index < -0.39 is 5.91 Å². The second kappa shape index (κ2) is 5.96. The molecule has 0 spiro atoms. The quantitative estimate of drug-likeness (QED) is 0.376. The van der Waals surface area contributed by atoms with Gasteiger partial charge in [0, 0.05) is 0 Å². The summed E-state index contributed by atoms with van der Waals surface area (Å²) in [7, 11) is 0. The van der Waals surface area contributed by atoms with Gasteiger partial charge >= 0.3 is 0 Å². The number of rotatable bonds is 6. The topological polar surface area (TPSA) is 81.5 Å². The number of nitrogens with zero attached hydrogens (tertiary/aromatic N) is 1. The molecule has 0 radical (unpaired) electrons. The molecular formula is C10H17N3O. The lowest BCUT2D eigenvalue weighted by atomic mass is 10.0. The van der Waals surface area contributed by atoms with Gasteiger partial charge in [-0.15, -0.1) is 6.58 Å². The molecule has 0 saturated carbocycles. The average Bonchev–Trinajstić information content (AvgIpc) is 2.16. The van der Waals surface area contributed by atoms with E-state index >= 15 is 0 Å². The van der Waals surface area contributed by atoms with E-state index in [-0.39, 0.29) is 5.82 Å². The predicted octanol–water partition coefficient (Wildman–Crippen LogP) is 0.945. The second-order valence-electron chi connectivity index (χ2n) is 3.14. The molecule has 1 amide bonds. The van der Waals surface area contributed by atoms with Crippen LogP contribution in [0, 0.1) is 5.92 Å². The minimum atomic E-state index is -0.536. The van der Waals surface area contributed by atoms with E-state index in [0.717, 1.165) is 6.42 Å². The zero-order valence-electron chi connectivity index (χ0n) is 8.49. The number of carbonyl (C=O) groups is 1. The Bertz CT molecular complexity index is 269. The van der Waals surface area contributed by atoms with Gasteiger partial charge in [0.25, 0.3) is 0 Å². The fourth-order valence-corrected chi connectivity index (χ4v) is 0.963. The summed E-state index contributed by atoms with van der Waals surface area (Å²) in [5.74, 6) is -0.0955. The Labute approximate surface area is 84.4 Å². The van der Waals surface area contributed by atoms with Crippen LogP contribution in [0.15, 0.2) is 29.0 Å². The van der Waals surface area contributed by atoms with Crippen molar-refractivity contribution < 1.29 is 4.79 Å². The van der Waals surface area contributed by atoms with Gasteiger partial charge in [0.1, 0.15) is 5.82 Å². The number of allylic oxidation sites excluding steroid dienone is 1. The average molecular weight is 195 g/mol. The van der Waals surface area contributed by atoms with Crippen LogP contribution >= 0.6 is 0 Å². The third kappa shape index (κ3) is 3.89. The Morgan fingerprint density at radius 3 is 2.50 bits per heavy atom. The van der Waals surface area contributed by atoms with Crippen LogP contribution in [-0.4, -0.2) is 12.6 Å². The Hall–Kier alpha value is -1.58. The fourth-order valence-electron chi connectivity index (χ4n) is 0.963. The molecule has 0 aromatic carbocycles. The van der Waals surface area contributed by atoms with Gasteiger partial charge in [-0.25, -0.2) is 4.99 Å². The van der Waals surface area contributed by atoms with Crippen LogP contribution in [0.25, 0.3) is 0 Å². The van der Waals surface area contributed by atoms with E-state index in [2.05, 4.69) is 18.3 Å². The molecule has 78 valence electrons. The SMILES string of the molecule is C=CC(C)CC/C(C(N)=O)=C(/N)N=C. The van der Waals surface area contributed by atoms with Gasteiger partial charge in [-0.3, -0.25) is 4.79 Å². The first-order valence-electron chi connectivity index (χ1n) is 4.40. The number of nitrogens with two attached hydrogens (primary N) is 2. The Morgan fingerprint density at radius 2 is 2.14 bits per heavy atom. The van der Waals surface area contributed by atoms with Crippen LogP contribution in [0.2, 0.25) is 0 Å².